The van der Waals surface area contributed by atoms with Crippen LogP contribution in [0.2, 0.25) is 5.02 Å². The van der Waals surface area contributed by atoms with Crippen molar-refractivity contribution in [1.29, 1.82) is 0 Å². The minimum absolute atomic E-state index is 0.769. The summed E-state index contributed by atoms with van der Waals surface area (Å²) in [6.45, 7) is 3.84. The molecule has 1 aromatic rings. The summed E-state index contributed by atoms with van der Waals surface area (Å²) in [5.74, 6) is 0. The fraction of sp³-hybridized carbons (Fsp3) is 0.111. The van der Waals surface area contributed by atoms with Crippen LogP contribution in [-0.2, 0) is 6.42 Å². The number of nitrogens with one attached hydrogen (secondary N) is 1. The van der Waals surface area contributed by atoms with E-state index < -0.39 is 0 Å². The minimum Gasteiger partial charge on any atom is -0.359 e. The fourth-order valence-corrected chi connectivity index (χ4v) is 1.46. The monoisotopic (exact) mass is 165 g/mol. The van der Waals surface area contributed by atoms with Gasteiger partial charge in [0.1, 0.15) is 0 Å². The van der Waals surface area contributed by atoms with Gasteiger partial charge in [0.15, 0.2) is 0 Å². The van der Waals surface area contributed by atoms with Crippen LogP contribution in [0.4, 0.5) is 5.69 Å². The lowest BCUT2D eigenvalue weighted by molar-refractivity contribution is 1.26. The van der Waals surface area contributed by atoms with Gasteiger partial charge in [0.25, 0.3) is 0 Å². The van der Waals surface area contributed by atoms with E-state index in [0.29, 0.717) is 0 Å². The molecule has 0 saturated heterocycles. The molecule has 0 aromatic heterocycles. The molecule has 56 valence electrons. The quantitative estimate of drug-likeness (QED) is 0.624. The Morgan fingerprint density at radius 1 is 1.45 bits per heavy atom. The van der Waals surface area contributed by atoms with Gasteiger partial charge in [-0.2, -0.15) is 0 Å². The van der Waals surface area contributed by atoms with Gasteiger partial charge in [-0.15, -0.1) is 0 Å². The summed E-state index contributed by atoms with van der Waals surface area (Å²) in [5.41, 5.74) is 3.42. The van der Waals surface area contributed by atoms with Crippen LogP contribution in [0.1, 0.15) is 5.56 Å². The largest absolute Gasteiger partial charge is 0.359 e. The average molecular weight is 166 g/mol. The summed E-state index contributed by atoms with van der Waals surface area (Å²) in [5, 5.41) is 3.93. The molecule has 2 rings (SSSR count). The Morgan fingerprint density at radius 3 is 3.09 bits per heavy atom. The number of allylic oxidation sites excluding steroid dienone is 1. The number of hydrogen-bond donors (Lipinski definition) is 1. The fourth-order valence-electron chi connectivity index (χ4n) is 1.28. The summed E-state index contributed by atoms with van der Waals surface area (Å²) < 4.78 is 0. The zero-order chi connectivity index (χ0) is 7.84. The van der Waals surface area contributed by atoms with Crippen LogP contribution in [0.3, 0.4) is 0 Å². The third-order valence-corrected chi connectivity index (χ3v) is 2.02. The first kappa shape index (κ1) is 6.74. The van der Waals surface area contributed by atoms with Gasteiger partial charge >= 0.3 is 0 Å². The van der Waals surface area contributed by atoms with Crippen molar-refractivity contribution in [3.8, 4) is 0 Å². The molecule has 2 heteroatoms. The SMILES string of the molecule is C=C1Cc2ccc(Cl)cc2N1. The van der Waals surface area contributed by atoms with Crippen LogP contribution in [0, 0.1) is 0 Å². The second kappa shape index (κ2) is 2.28. The summed E-state index contributed by atoms with van der Waals surface area (Å²) in [6.07, 6.45) is 0.923. The van der Waals surface area contributed by atoms with Crippen LogP contribution >= 0.6 is 11.6 Å². The first-order chi connectivity index (χ1) is 5.25. The van der Waals surface area contributed by atoms with Crippen molar-refractivity contribution >= 4 is 17.3 Å². The summed E-state index contributed by atoms with van der Waals surface area (Å²) in [4.78, 5) is 0. The van der Waals surface area contributed by atoms with Crippen LogP contribution in [0.15, 0.2) is 30.5 Å². The van der Waals surface area contributed by atoms with E-state index in [4.69, 9.17) is 11.6 Å². The highest BCUT2D eigenvalue weighted by Crippen LogP contribution is 2.29. The molecule has 1 heterocycles. The highest BCUT2D eigenvalue weighted by atomic mass is 35.5. The maximum Gasteiger partial charge on any atom is 0.0433 e. The maximum absolute atomic E-state index is 5.80. The van der Waals surface area contributed by atoms with E-state index >= 15 is 0 Å². The molecule has 11 heavy (non-hydrogen) atoms. The van der Waals surface area contributed by atoms with Gasteiger partial charge in [0.05, 0.1) is 0 Å². The van der Waals surface area contributed by atoms with Gasteiger partial charge in [-0.25, -0.2) is 0 Å². The minimum atomic E-state index is 0.769. The van der Waals surface area contributed by atoms with Crippen molar-refractivity contribution in [2.75, 3.05) is 5.32 Å². The molecule has 1 aromatic carbocycles. The van der Waals surface area contributed by atoms with Gasteiger partial charge in [-0.3, -0.25) is 0 Å². The Balaban J connectivity index is 2.51. The summed E-state index contributed by atoms with van der Waals surface area (Å²) >= 11 is 5.80. The molecular formula is C9H8ClN. The van der Waals surface area contributed by atoms with Crippen molar-refractivity contribution in [3.05, 3.63) is 41.1 Å². The van der Waals surface area contributed by atoms with E-state index in [1.807, 2.05) is 18.2 Å². The van der Waals surface area contributed by atoms with Crippen LogP contribution in [0.25, 0.3) is 0 Å². The van der Waals surface area contributed by atoms with Crippen molar-refractivity contribution in [2.24, 2.45) is 0 Å². The molecule has 0 bridgehead atoms. The van der Waals surface area contributed by atoms with Gasteiger partial charge in [0.2, 0.25) is 0 Å². The summed E-state index contributed by atoms with van der Waals surface area (Å²) in [7, 11) is 0. The van der Waals surface area contributed by atoms with Gasteiger partial charge < -0.3 is 5.32 Å². The van der Waals surface area contributed by atoms with Crippen molar-refractivity contribution in [3.63, 3.8) is 0 Å². The molecular weight excluding hydrogens is 158 g/mol. The lowest BCUT2D eigenvalue weighted by Gasteiger charge is -1.97. The number of anilines is 1. The average Bonchev–Trinajstić information content (AvgIpc) is 2.27. The third kappa shape index (κ3) is 1.12. The molecule has 0 unspecified atom stereocenters. The molecule has 1 aliphatic heterocycles. The lowest BCUT2D eigenvalue weighted by atomic mass is 10.1. The van der Waals surface area contributed by atoms with Crippen molar-refractivity contribution in [1.82, 2.24) is 0 Å². The lowest BCUT2D eigenvalue weighted by Crippen LogP contribution is -1.87. The molecule has 1 aliphatic rings. The van der Waals surface area contributed by atoms with E-state index in [0.717, 1.165) is 22.8 Å². The highest BCUT2D eigenvalue weighted by molar-refractivity contribution is 6.30. The van der Waals surface area contributed by atoms with Crippen LogP contribution in [-0.4, -0.2) is 0 Å². The predicted molar refractivity (Wildman–Crippen MR) is 47.9 cm³/mol. The number of benzene rings is 1. The first-order valence-corrected chi connectivity index (χ1v) is 3.87. The standard InChI is InChI=1S/C9H8ClN/c1-6-4-7-2-3-8(10)5-9(7)11-6/h2-3,5,11H,1,4H2. The van der Waals surface area contributed by atoms with E-state index in [9.17, 15) is 0 Å². The molecule has 0 atom stereocenters. The van der Waals surface area contributed by atoms with Gasteiger partial charge in [-0.1, -0.05) is 24.2 Å². The second-order valence-electron chi connectivity index (χ2n) is 2.71. The third-order valence-electron chi connectivity index (χ3n) is 1.79. The Hall–Kier alpha value is -0.950. The molecule has 1 N–H and O–H groups in total. The predicted octanol–water partition coefficient (Wildman–Crippen LogP) is 2.82. The Morgan fingerprint density at radius 2 is 2.27 bits per heavy atom. The number of rotatable bonds is 0. The Kier molecular flexibility index (Phi) is 1.40. The number of hydrogen-bond acceptors (Lipinski definition) is 1. The van der Waals surface area contributed by atoms with E-state index in [1.165, 1.54) is 5.56 Å². The zero-order valence-corrected chi connectivity index (χ0v) is 6.78. The van der Waals surface area contributed by atoms with E-state index in [2.05, 4.69) is 11.9 Å². The molecule has 0 radical (unpaired) electrons. The molecule has 0 spiro atoms. The zero-order valence-electron chi connectivity index (χ0n) is 6.02. The Labute approximate surface area is 70.7 Å². The number of fused-ring (bicyclic) bond motifs is 1. The maximum atomic E-state index is 5.80. The molecule has 0 saturated carbocycles. The molecule has 0 amide bonds. The topological polar surface area (TPSA) is 12.0 Å². The second-order valence-corrected chi connectivity index (χ2v) is 3.14. The van der Waals surface area contributed by atoms with Crippen molar-refractivity contribution < 1.29 is 0 Å². The molecule has 0 fully saturated rings. The molecule has 0 aliphatic carbocycles. The van der Waals surface area contributed by atoms with Gasteiger partial charge in [-0.05, 0) is 17.7 Å². The van der Waals surface area contributed by atoms with Gasteiger partial charge in [0, 0.05) is 22.8 Å². The molecule has 1 nitrogen and oxygen atoms in total. The highest BCUT2D eigenvalue weighted by Gasteiger charge is 2.12. The first-order valence-electron chi connectivity index (χ1n) is 3.49. The Bertz CT molecular complexity index is 317. The van der Waals surface area contributed by atoms with Crippen LogP contribution < -0.4 is 5.32 Å². The van der Waals surface area contributed by atoms with E-state index in [1.54, 1.807) is 0 Å². The number of halogens is 1. The summed E-state index contributed by atoms with van der Waals surface area (Å²) in [6, 6.07) is 5.86. The smallest absolute Gasteiger partial charge is 0.0433 e. The van der Waals surface area contributed by atoms with Crippen LogP contribution in [0.5, 0.6) is 0 Å². The van der Waals surface area contributed by atoms with E-state index in [-0.39, 0.29) is 0 Å². The normalized spacial score (nSPS) is 14.5. The van der Waals surface area contributed by atoms with Crippen molar-refractivity contribution in [2.45, 2.75) is 6.42 Å².